The van der Waals surface area contributed by atoms with Gasteiger partial charge in [-0.25, -0.2) is 4.79 Å². The van der Waals surface area contributed by atoms with Gasteiger partial charge in [0.1, 0.15) is 11.3 Å². The van der Waals surface area contributed by atoms with E-state index in [9.17, 15) is 19.3 Å². The zero-order chi connectivity index (χ0) is 18.8. The zero-order valence-corrected chi connectivity index (χ0v) is 14.9. The Kier molecular flexibility index (Phi) is 5.49. The number of hydrogen-bond acceptors (Lipinski definition) is 5. The number of carbonyl (C=O) groups is 1. The van der Waals surface area contributed by atoms with Crippen LogP contribution in [0, 0.1) is 15.9 Å². The molecule has 0 bridgehead atoms. The number of nitro benzene ring substituents is 1. The minimum Gasteiger partial charge on any atom is -0.444 e. The highest BCUT2D eigenvalue weighted by atomic mass is 19.1. The maximum atomic E-state index is 13.8. The molecule has 0 aromatic heterocycles. The van der Waals surface area contributed by atoms with Crippen LogP contribution in [0.5, 0.6) is 0 Å². The van der Waals surface area contributed by atoms with Gasteiger partial charge in [0.25, 0.3) is 0 Å². The monoisotopic (exact) mass is 353 g/mol. The molecular weight excluding hydrogens is 329 g/mol. The number of rotatable bonds is 3. The van der Waals surface area contributed by atoms with E-state index in [0.29, 0.717) is 19.4 Å². The summed E-state index contributed by atoms with van der Waals surface area (Å²) in [7, 11) is 0. The third-order valence-electron chi connectivity index (χ3n) is 4.05. The summed E-state index contributed by atoms with van der Waals surface area (Å²) in [6, 6.07) is 3.93. The molecule has 8 heteroatoms. The molecule has 1 aromatic rings. The summed E-state index contributed by atoms with van der Waals surface area (Å²) in [5.74, 6) is -0.844. The highest BCUT2D eigenvalue weighted by molar-refractivity contribution is 5.68. The lowest BCUT2D eigenvalue weighted by Crippen LogP contribution is -2.50. The fourth-order valence-corrected chi connectivity index (χ4v) is 3.05. The Hall–Kier alpha value is -2.38. The lowest BCUT2D eigenvalue weighted by molar-refractivity contribution is -0.386. The molecule has 0 spiro atoms. The number of nitrogens with one attached hydrogen (secondary N) is 1. The highest BCUT2D eigenvalue weighted by Gasteiger charge is 2.32. The molecular formula is C17H24FN3O4. The Bertz CT molecular complexity index is 660. The Morgan fingerprint density at radius 3 is 2.68 bits per heavy atom. The van der Waals surface area contributed by atoms with Crippen LogP contribution in [0.1, 0.15) is 40.5 Å². The molecule has 1 fully saturated rings. The summed E-state index contributed by atoms with van der Waals surface area (Å²) in [6.45, 7) is 7.76. The molecule has 1 N–H and O–H groups in total. The summed E-state index contributed by atoms with van der Waals surface area (Å²) in [5.41, 5.74) is -0.806. The first-order chi connectivity index (χ1) is 11.6. The largest absolute Gasteiger partial charge is 0.444 e. The number of nitrogens with zero attached hydrogens (tertiary/aromatic N) is 2. The van der Waals surface area contributed by atoms with Crippen LogP contribution in [-0.4, -0.2) is 35.2 Å². The van der Waals surface area contributed by atoms with Crippen LogP contribution in [0.15, 0.2) is 18.2 Å². The maximum Gasteiger partial charge on any atom is 0.407 e. The van der Waals surface area contributed by atoms with Crippen molar-refractivity contribution in [3.05, 3.63) is 34.1 Å². The third-order valence-corrected chi connectivity index (χ3v) is 4.05. The Balaban J connectivity index is 2.07. The Morgan fingerprint density at radius 1 is 1.44 bits per heavy atom. The van der Waals surface area contributed by atoms with Crippen molar-refractivity contribution in [2.45, 2.75) is 58.2 Å². The van der Waals surface area contributed by atoms with Gasteiger partial charge in [-0.15, -0.1) is 0 Å². The van der Waals surface area contributed by atoms with Gasteiger partial charge in [-0.05, 0) is 52.7 Å². The predicted molar refractivity (Wildman–Crippen MR) is 92.3 cm³/mol. The standard InChI is InChI=1S/C17H24FN3O4/c1-11-10-12(19-16(22)25-17(2,3)4)8-9-20(11)14-7-5-6-13(18)15(14)21(23)24/h5-7,11-12H,8-10H2,1-4H3,(H,19,22). The summed E-state index contributed by atoms with van der Waals surface area (Å²) >= 11 is 0. The number of hydrogen-bond donors (Lipinski definition) is 1. The molecule has 0 saturated carbocycles. The van der Waals surface area contributed by atoms with Gasteiger partial charge in [-0.1, -0.05) is 6.07 Å². The van der Waals surface area contributed by atoms with Crippen molar-refractivity contribution in [1.29, 1.82) is 0 Å². The van der Waals surface area contributed by atoms with Gasteiger partial charge in [-0.3, -0.25) is 10.1 Å². The molecule has 7 nitrogen and oxygen atoms in total. The minimum absolute atomic E-state index is 0.0887. The smallest absolute Gasteiger partial charge is 0.407 e. The van der Waals surface area contributed by atoms with Crippen molar-refractivity contribution in [3.63, 3.8) is 0 Å². The lowest BCUT2D eigenvalue weighted by atomic mass is 9.97. The van der Waals surface area contributed by atoms with Crippen LogP contribution < -0.4 is 10.2 Å². The molecule has 138 valence electrons. The van der Waals surface area contributed by atoms with Gasteiger partial charge in [0.05, 0.1) is 4.92 Å². The van der Waals surface area contributed by atoms with E-state index in [1.54, 1.807) is 26.8 Å². The predicted octanol–water partition coefficient (Wildman–Crippen LogP) is 3.62. The van der Waals surface area contributed by atoms with Gasteiger partial charge in [0, 0.05) is 18.6 Å². The van der Waals surface area contributed by atoms with Crippen LogP contribution in [0.4, 0.5) is 20.6 Å². The summed E-state index contributed by atoms with van der Waals surface area (Å²) in [6.07, 6.45) is 0.708. The van der Waals surface area contributed by atoms with Gasteiger partial charge in [0.15, 0.2) is 0 Å². The number of nitro groups is 1. The second-order valence-corrected chi connectivity index (χ2v) is 7.27. The molecule has 2 atom stereocenters. The average Bonchev–Trinajstić information content (AvgIpc) is 2.44. The summed E-state index contributed by atoms with van der Waals surface area (Å²) < 4.78 is 19.1. The van der Waals surface area contributed by atoms with Crippen molar-refractivity contribution in [2.24, 2.45) is 0 Å². The number of ether oxygens (including phenoxy) is 1. The van der Waals surface area contributed by atoms with E-state index in [0.717, 1.165) is 6.07 Å². The van der Waals surface area contributed by atoms with Crippen LogP contribution in [0.25, 0.3) is 0 Å². The molecule has 0 aliphatic carbocycles. The van der Waals surface area contributed by atoms with Crippen molar-refractivity contribution in [3.8, 4) is 0 Å². The molecule has 1 aromatic carbocycles. The van der Waals surface area contributed by atoms with Crippen molar-refractivity contribution < 1.29 is 18.8 Å². The fourth-order valence-electron chi connectivity index (χ4n) is 3.05. The molecule has 2 rings (SSSR count). The molecule has 1 aliphatic rings. The van der Waals surface area contributed by atoms with Gasteiger partial charge >= 0.3 is 11.8 Å². The Morgan fingerprint density at radius 2 is 2.12 bits per heavy atom. The third kappa shape index (κ3) is 4.80. The lowest BCUT2D eigenvalue weighted by Gasteiger charge is -2.39. The second-order valence-electron chi connectivity index (χ2n) is 7.27. The van der Waals surface area contributed by atoms with E-state index in [2.05, 4.69) is 5.32 Å². The zero-order valence-electron chi connectivity index (χ0n) is 14.9. The maximum absolute atomic E-state index is 13.8. The van der Waals surface area contributed by atoms with Gasteiger partial charge < -0.3 is 15.0 Å². The minimum atomic E-state index is -0.844. The normalized spacial score (nSPS) is 20.9. The van der Waals surface area contributed by atoms with Crippen LogP contribution in [0.2, 0.25) is 0 Å². The first-order valence-electron chi connectivity index (χ1n) is 8.27. The van der Waals surface area contributed by atoms with Gasteiger partial charge in [-0.2, -0.15) is 4.39 Å². The second kappa shape index (κ2) is 7.25. The molecule has 25 heavy (non-hydrogen) atoms. The van der Waals surface area contributed by atoms with Crippen molar-refractivity contribution in [1.82, 2.24) is 5.32 Å². The number of amides is 1. The van der Waals surface area contributed by atoms with E-state index >= 15 is 0 Å². The molecule has 0 radical (unpaired) electrons. The number of alkyl carbamates (subject to hydrolysis) is 1. The van der Waals surface area contributed by atoms with E-state index in [4.69, 9.17) is 4.74 Å². The molecule has 1 heterocycles. The van der Waals surface area contributed by atoms with E-state index in [-0.39, 0.29) is 17.8 Å². The quantitative estimate of drug-likeness (QED) is 0.663. The summed E-state index contributed by atoms with van der Waals surface area (Å²) in [5, 5.41) is 14.0. The molecule has 1 saturated heterocycles. The van der Waals surface area contributed by atoms with Crippen LogP contribution >= 0.6 is 0 Å². The first kappa shape index (κ1) is 19.0. The fraction of sp³-hybridized carbons (Fsp3) is 0.588. The number of halogens is 1. The average molecular weight is 353 g/mol. The Labute approximate surface area is 146 Å². The van der Waals surface area contributed by atoms with E-state index in [1.807, 2.05) is 11.8 Å². The summed E-state index contributed by atoms with van der Waals surface area (Å²) in [4.78, 5) is 24.2. The number of anilines is 1. The van der Waals surface area contributed by atoms with Crippen LogP contribution in [-0.2, 0) is 4.74 Å². The molecule has 1 amide bonds. The van der Waals surface area contributed by atoms with Crippen molar-refractivity contribution >= 4 is 17.5 Å². The van der Waals surface area contributed by atoms with E-state index in [1.165, 1.54) is 6.07 Å². The number of benzene rings is 1. The van der Waals surface area contributed by atoms with Gasteiger partial charge in [0.2, 0.25) is 5.82 Å². The van der Waals surface area contributed by atoms with Crippen LogP contribution in [0.3, 0.4) is 0 Å². The number of carbonyl (C=O) groups excluding carboxylic acids is 1. The van der Waals surface area contributed by atoms with E-state index < -0.39 is 28.1 Å². The number of para-hydroxylation sites is 1. The highest BCUT2D eigenvalue weighted by Crippen LogP contribution is 2.34. The first-order valence-corrected chi connectivity index (χ1v) is 8.27. The molecule has 2 unspecified atom stereocenters. The molecule has 1 aliphatic heterocycles. The number of piperidine rings is 1. The van der Waals surface area contributed by atoms with Crippen molar-refractivity contribution in [2.75, 3.05) is 11.4 Å². The SMILES string of the molecule is CC1CC(NC(=O)OC(C)(C)C)CCN1c1cccc(F)c1[N+](=O)[O-]. The topological polar surface area (TPSA) is 84.7 Å².